The first-order chi connectivity index (χ1) is 9.45. The van der Waals surface area contributed by atoms with Crippen molar-refractivity contribution in [2.24, 2.45) is 5.92 Å². The number of carbonyl (C=O) groups excluding carboxylic acids is 1. The Hall–Kier alpha value is -1.55. The summed E-state index contributed by atoms with van der Waals surface area (Å²) >= 11 is 0. The van der Waals surface area contributed by atoms with E-state index >= 15 is 0 Å². The molecule has 1 unspecified atom stereocenters. The van der Waals surface area contributed by atoms with Crippen molar-refractivity contribution in [2.75, 3.05) is 18.5 Å². The van der Waals surface area contributed by atoms with Gasteiger partial charge < -0.3 is 15.7 Å². The van der Waals surface area contributed by atoms with Crippen LogP contribution in [0.4, 0.5) is 10.5 Å². The number of hydrogen-bond acceptors (Lipinski definition) is 2. The Labute approximate surface area is 121 Å². The number of hydrogen-bond donors (Lipinski definition) is 3. The fourth-order valence-corrected chi connectivity index (χ4v) is 2.09. The zero-order chi connectivity index (χ0) is 15.1. The van der Waals surface area contributed by atoms with Crippen LogP contribution in [-0.2, 0) is 0 Å². The predicted molar refractivity (Wildman–Crippen MR) is 83.2 cm³/mol. The number of urea groups is 1. The monoisotopic (exact) mass is 278 g/mol. The van der Waals surface area contributed by atoms with E-state index < -0.39 is 0 Å². The van der Waals surface area contributed by atoms with E-state index in [4.69, 9.17) is 5.11 Å². The number of amides is 2. The molecule has 0 fully saturated rings. The molecule has 20 heavy (non-hydrogen) atoms. The molecule has 0 heterocycles. The van der Waals surface area contributed by atoms with Gasteiger partial charge in [0.2, 0.25) is 0 Å². The Morgan fingerprint density at radius 1 is 1.30 bits per heavy atom. The third-order valence-electron chi connectivity index (χ3n) is 3.40. The highest BCUT2D eigenvalue weighted by Gasteiger charge is 2.12. The Balaban J connectivity index is 2.66. The molecule has 2 amide bonds. The van der Waals surface area contributed by atoms with E-state index in [1.807, 2.05) is 32.0 Å². The molecule has 3 N–H and O–H groups in total. The molecule has 0 aliphatic heterocycles. The van der Waals surface area contributed by atoms with Crippen LogP contribution in [0.15, 0.2) is 18.2 Å². The second-order valence-corrected chi connectivity index (χ2v) is 5.65. The van der Waals surface area contributed by atoms with Gasteiger partial charge in [-0.3, -0.25) is 0 Å². The van der Waals surface area contributed by atoms with Gasteiger partial charge in [-0.25, -0.2) is 4.79 Å². The van der Waals surface area contributed by atoms with Gasteiger partial charge >= 0.3 is 6.03 Å². The van der Waals surface area contributed by atoms with Gasteiger partial charge in [0.25, 0.3) is 0 Å². The summed E-state index contributed by atoms with van der Waals surface area (Å²) in [6.45, 7) is 8.94. The van der Waals surface area contributed by atoms with Crippen molar-refractivity contribution in [2.45, 2.75) is 40.0 Å². The SMILES string of the molecule is Cc1cccc(C(C)C)c1NC(=O)NCC(C)CCO. The number of aliphatic hydroxyl groups is 1. The maximum absolute atomic E-state index is 12.0. The molecule has 1 aromatic rings. The third-order valence-corrected chi connectivity index (χ3v) is 3.40. The summed E-state index contributed by atoms with van der Waals surface area (Å²) in [5, 5.41) is 14.6. The summed E-state index contributed by atoms with van der Waals surface area (Å²) < 4.78 is 0. The molecule has 0 bridgehead atoms. The van der Waals surface area contributed by atoms with E-state index in [2.05, 4.69) is 24.5 Å². The molecule has 1 atom stereocenters. The quantitative estimate of drug-likeness (QED) is 0.748. The number of anilines is 1. The van der Waals surface area contributed by atoms with Gasteiger partial charge in [0.1, 0.15) is 0 Å². The van der Waals surface area contributed by atoms with Crippen LogP contribution in [0.1, 0.15) is 44.2 Å². The molecule has 0 aromatic heterocycles. The lowest BCUT2D eigenvalue weighted by Gasteiger charge is -2.17. The van der Waals surface area contributed by atoms with Crippen molar-refractivity contribution >= 4 is 11.7 Å². The smallest absolute Gasteiger partial charge is 0.319 e. The fraction of sp³-hybridized carbons (Fsp3) is 0.562. The standard InChI is InChI=1S/C16H26N2O2/c1-11(2)14-7-5-6-13(4)15(14)18-16(20)17-10-12(3)8-9-19/h5-7,11-12,19H,8-10H2,1-4H3,(H2,17,18,20). The number of para-hydroxylation sites is 1. The second kappa shape index (κ2) is 7.90. The minimum atomic E-state index is -0.189. The topological polar surface area (TPSA) is 61.4 Å². The minimum Gasteiger partial charge on any atom is -0.396 e. The second-order valence-electron chi connectivity index (χ2n) is 5.65. The maximum Gasteiger partial charge on any atom is 0.319 e. The van der Waals surface area contributed by atoms with Gasteiger partial charge in [-0.2, -0.15) is 0 Å². The molecule has 0 saturated heterocycles. The van der Waals surface area contributed by atoms with Crippen molar-refractivity contribution in [1.29, 1.82) is 0 Å². The molecule has 0 aliphatic rings. The number of benzene rings is 1. The zero-order valence-electron chi connectivity index (χ0n) is 12.9. The maximum atomic E-state index is 12.0. The first kappa shape index (κ1) is 16.5. The number of nitrogens with one attached hydrogen (secondary N) is 2. The van der Waals surface area contributed by atoms with Gasteiger partial charge in [-0.15, -0.1) is 0 Å². The zero-order valence-corrected chi connectivity index (χ0v) is 12.9. The lowest BCUT2D eigenvalue weighted by atomic mass is 9.98. The molecule has 0 aliphatic carbocycles. The number of aliphatic hydroxyl groups excluding tert-OH is 1. The lowest BCUT2D eigenvalue weighted by molar-refractivity contribution is 0.243. The highest BCUT2D eigenvalue weighted by Crippen LogP contribution is 2.27. The molecule has 0 saturated carbocycles. The number of aryl methyl sites for hydroxylation is 1. The fourth-order valence-electron chi connectivity index (χ4n) is 2.09. The molecular weight excluding hydrogens is 252 g/mol. The summed E-state index contributed by atoms with van der Waals surface area (Å²) in [7, 11) is 0. The average Bonchev–Trinajstić information content (AvgIpc) is 2.39. The highest BCUT2D eigenvalue weighted by molar-refractivity contribution is 5.91. The average molecular weight is 278 g/mol. The summed E-state index contributed by atoms with van der Waals surface area (Å²) in [5.74, 6) is 0.630. The van der Waals surface area contributed by atoms with Crippen LogP contribution >= 0.6 is 0 Å². The van der Waals surface area contributed by atoms with E-state index in [0.29, 0.717) is 18.9 Å². The normalized spacial score (nSPS) is 12.3. The predicted octanol–water partition coefficient (Wildman–Crippen LogP) is 3.26. The molecule has 112 valence electrons. The Morgan fingerprint density at radius 3 is 2.60 bits per heavy atom. The van der Waals surface area contributed by atoms with Crippen molar-refractivity contribution in [3.05, 3.63) is 29.3 Å². The van der Waals surface area contributed by atoms with Crippen LogP contribution in [0.25, 0.3) is 0 Å². The molecule has 0 radical (unpaired) electrons. The van der Waals surface area contributed by atoms with Crippen LogP contribution in [0, 0.1) is 12.8 Å². The number of rotatable bonds is 6. The van der Waals surface area contributed by atoms with Gasteiger partial charge in [0.05, 0.1) is 0 Å². The van der Waals surface area contributed by atoms with E-state index in [0.717, 1.165) is 16.8 Å². The van der Waals surface area contributed by atoms with E-state index in [1.54, 1.807) is 0 Å². The minimum absolute atomic E-state index is 0.153. The lowest BCUT2D eigenvalue weighted by Crippen LogP contribution is -2.33. The van der Waals surface area contributed by atoms with E-state index in [9.17, 15) is 4.79 Å². The van der Waals surface area contributed by atoms with Crippen LogP contribution in [0.5, 0.6) is 0 Å². The number of carbonyl (C=O) groups is 1. The highest BCUT2D eigenvalue weighted by atomic mass is 16.3. The first-order valence-electron chi connectivity index (χ1n) is 7.21. The van der Waals surface area contributed by atoms with Gasteiger partial charge in [-0.1, -0.05) is 39.0 Å². The van der Waals surface area contributed by atoms with Gasteiger partial charge in [0.15, 0.2) is 0 Å². The molecule has 0 spiro atoms. The van der Waals surface area contributed by atoms with Gasteiger partial charge in [0, 0.05) is 18.8 Å². The van der Waals surface area contributed by atoms with Crippen LogP contribution < -0.4 is 10.6 Å². The summed E-state index contributed by atoms with van der Waals surface area (Å²) in [6.07, 6.45) is 0.696. The third kappa shape index (κ3) is 4.85. The van der Waals surface area contributed by atoms with Crippen molar-refractivity contribution in [3.63, 3.8) is 0 Å². The first-order valence-corrected chi connectivity index (χ1v) is 7.21. The molecule has 4 heteroatoms. The summed E-state index contributed by atoms with van der Waals surface area (Å²) in [4.78, 5) is 12.0. The molecule has 1 aromatic carbocycles. The van der Waals surface area contributed by atoms with E-state index in [-0.39, 0.29) is 18.6 Å². The molecule has 1 rings (SSSR count). The Kier molecular flexibility index (Phi) is 6.52. The summed E-state index contributed by atoms with van der Waals surface area (Å²) in [6, 6.07) is 5.86. The Bertz CT molecular complexity index is 444. The summed E-state index contributed by atoms with van der Waals surface area (Å²) in [5.41, 5.74) is 3.10. The molecule has 4 nitrogen and oxygen atoms in total. The van der Waals surface area contributed by atoms with Crippen molar-refractivity contribution in [1.82, 2.24) is 5.32 Å². The molecular formula is C16H26N2O2. The van der Waals surface area contributed by atoms with Crippen LogP contribution in [-0.4, -0.2) is 24.3 Å². The van der Waals surface area contributed by atoms with Crippen LogP contribution in [0.3, 0.4) is 0 Å². The Morgan fingerprint density at radius 2 is 2.00 bits per heavy atom. The van der Waals surface area contributed by atoms with E-state index in [1.165, 1.54) is 0 Å². The van der Waals surface area contributed by atoms with Crippen LogP contribution in [0.2, 0.25) is 0 Å². The van der Waals surface area contributed by atoms with Crippen molar-refractivity contribution in [3.8, 4) is 0 Å². The van der Waals surface area contributed by atoms with Gasteiger partial charge in [-0.05, 0) is 36.3 Å². The largest absolute Gasteiger partial charge is 0.396 e. The van der Waals surface area contributed by atoms with Crippen molar-refractivity contribution < 1.29 is 9.90 Å².